The van der Waals surface area contributed by atoms with E-state index in [2.05, 4.69) is 61.5 Å². The molecule has 0 saturated heterocycles. The fourth-order valence-electron chi connectivity index (χ4n) is 1.91. The van der Waals surface area contributed by atoms with Gasteiger partial charge in [-0.3, -0.25) is 4.90 Å². The molecule has 0 amide bonds. The van der Waals surface area contributed by atoms with Crippen molar-refractivity contribution >= 4 is 11.8 Å². The number of benzene rings is 1. The third-order valence-electron chi connectivity index (χ3n) is 3.16. The molecule has 0 heterocycles. The monoisotopic (exact) mass is 267 g/mol. The van der Waals surface area contributed by atoms with Gasteiger partial charge in [0.05, 0.1) is 0 Å². The lowest BCUT2D eigenvalue weighted by atomic mass is 10.1. The standard InChI is InChI=1S/C14H25N3S/c1-16(2)9-10-17(3)14(11-15)12-5-7-13(18-4)8-6-12/h5-8,14H,9-11,15H2,1-4H3. The van der Waals surface area contributed by atoms with Crippen molar-refractivity contribution in [2.75, 3.05) is 47.0 Å². The zero-order valence-corrected chi connectivity index (χ0v) is 12.7. The van der Waals surface area contributed by atoms with Crippen molar-refractivity contribution in [1.82, 2.24) is 9.80 Å². The average molecular weight is 267 g/mol. The van der Waals surface area contributed by atoms with Crippen molar-refractivity contribution in [1.29, 1.82) is 0 Å². The molecule has 0 aliphatic rings. The Kier molecular flexibility index (Phi) is 6.71. The van der Waals surface area contributed by atoms with E-state index in [1.807, 2.05) is 0 Å². The van der Waals surface area contributed by atoms with Crippen LogP contribution in [-0.2, 0) is 0 Å². The van der Waals surface area contributed by atoms with Crippen LogP contribution in [0.1, 0.15) is 11.6 Å². The van der Waals surface area contributed by atoms with Gasteiger partial charge in [0.25, 0.3) is 0 Å². The Balaban J connectivity index is 2.68. The maximum atomic E-state index is 5.92. The van der Waals surface area contributed by atoms with E-state index in [4.69, 9.17) is 5.73 Å². The summed E-state index contributed by atoms with van der Waals surface area (Å²) < 4.78 is 0. The van der Waals surface area contributed by atoms with E-state index >= 15 is 0 Å². The lowest BCUT2D eigenvalue weighted by Crippen LogP contribution is -2.35. The molecule has 18 heavy (non-hydrogen) atoms. The first-order valence-corrected chi connectivity index (χ1v) is 7.50. The summed E-state index contributed by atoms with van der Waals surface area (Å²) in [6, 6.07) is 9.02. The highest BCUT2D eigenvalue weighted by Crippen LogP contribution is 2.21. The lowest BCUT2D eigenvalue weighted by Gasteiger charge is -2.28. The Bertz CT molecular complexity index is 337. The fraction of sp³-hybridized carbons (Fsp3) is 0.571. The van der Waals surface area contributed by atoms with Crippen molar-refractivity contribution in [2.24, 2.45) is 5.73 Å². The maximum absolute atomic E-state index is 5.92. The predicted octanol–water partition coefficient (Wildman–Crippen LogP) is 1.90. The molecule has 0 saturated carbocycles. The molecule has 0 aliphatic carbocycles. The van der Waals surface area contributed by atoms with E-state index in [0.717, 1.165) is 13.1 Å². The summed E-state index contributed by atoms with van der Waals surface area (Å²) >= 11 is 1.77. The lowest BCUT2D eigenvalue weighted by molar-refractivity contribution is 0.223. The second-order valence-corrected chi connectivity index (χ2v) is 5.69. The molecular weight excluding hydrogens is 242 g/mol. The molecule has 2 N–H and O–H groups in total. The van der Waals surface area contributed by atoms with Crippen LogP contribution in [0.4, 0.5) is 0 Å². The highest BCUT2D eigenvalue weighted by molar-refractivity contribution is 7.98. The van der Waals surface area contributed by atoms with Crippen molar-refractivity contribution in [2.45, 2.75) is 10.9 Å². The molecule has 0 bridgehead atoms. The van der Waals surface area contributed by atoms with Gasteiger partial charge in [-0.2, -0.15) is 0 Å². The fourth-order valence-corrected chi connectivity index (χ4v) is 2.32. The van der Waals surface area contributed by atoms with E-state index in [1.165, 1.54) is 10.5 Å². The van der Waals surface area contributed by atoms with Gasteiger partial charge in [0.1, 0.15) is 0 Å². The second kappa shape index (κ2) is 7.79. The van der Waals surface area contributed by atoms with Gasteiger partial charge in [-0.05, 0) is 45.1 Å². The first-order chi connectivity index (χ1) is 8.58. The van der Waals surface area contributed by atoms with Crippen LogP contribution in [0, 0.1) is 0 Å². The molecule has 0 radical (unpaired) electrons. The number of likely N-dealkylation sites (N-methyl/N-ethyl adjacent to an activating group) is 2. The van der Waals surface area contributed by atoms with Crippen LogP contribution in [-0.4, -0.2) is 56.8 Å². The minimum atomic E-state index is 0.306. The Labute approximate surface area is 115 Å². The number of hydrogen-bond donors (Lipinski definition) is 1. The summed E-state index contributed by atoms with van der Waals surface area (Å²) in [6.07, 6.45) is 2.10. The Morgan fingerprint density at radius 1 is 1.11 bits per heavy atom. The predicted molar refractivity (Wildman–Crippen MR) is 81.2 cm³/mol. The summed E-state index contributed by atoms with van der Waals surface area (Å²) in [5.74, 6) is 0. The number of nitrogens with zero attached hydrogens (tertiary/aromatic N) is 2. The first-order valence-electron chi connectivity index (χ1n) is 6.27. The van der Waals surface area contributed by atoms with Gasteiger partial charge in [-0.15, -0.1) is 11.8 Å². The summed E-state index contributed by atoms with van der Waals surface area (Å²) in [6.45, 7) is 2.73. The van der Waals surface area contributed by atoms with Crippen LogP contribution in [0.3, 0.4) is 0 Å². The number of hydrogen-bond acceptors (Lipinski definition) is 4. The number of rotatable bonds is 7. The molecule has 0 fully saturated rings. The molecule has 1 rings (SSSR count). The molecule has 0 aliphatic heterocycles. The summed E-state index contributed by atoms with van der Waals surface area (Å²) in [7, 11) is 6.33. The van der Waals surface area contributed by atoms with Gasteiger partial charge in [0, 0.05) is 30.6 Å². The van der Waals surface area contributed by atoms with Crippen LogP contribution in [0.5, 0.6) is 0 Å². The maximum Gasteiger partial charge on any atom is 0.0467 e. The zero-order valence-electron chi connectivity index (χ0n) is 11.9. The minimum absolute atomic E-state index is 0.306. The van der Waals surface area contributed by atoms with Crippen LogP contribution >= 0.6 is 11.8 Å². The average Bonchev–Trinajstić information content (AvgIpc) is 2.38. The van der Waals surface area contributed by atoms with Gasteiger partial charge in [-0.25, -0.2) is 0 Å². The second-order valence-electron chi connectivity index (χ2n) is 4.81. The van der Waals surface area contributed by atoms with Crippen molar-refractivity contribution in [3.05, 3.63) is 29.8 Å². The third kappa shape index (κ3) is 4.61. The zero-order chi connectivity index (χ0) is 13.5. The highest BCUT2D eigenvalue weighted by atomic mass is 32.2. The Hall–Kier alpha value is -0.550. The normalized spacial score (nSPS) is 13.3. The molecule has 0 aromatic heterocycles. The summed E-state index contributed by atoms with van der Waals surface area (Å²) in [4.78, 5) is 5.82. The smallest absolute Gasteiger partial charge is 0.0467 e. The molecule has 3 nitrogen and oxygen atoms in total. The number of nitrogens with two attached hydrogens (primary N) is 1. The molecule has 1 unspecified atom stereocenters. The Morgan fingerprint density at radius 2 is 1.72 bits per heavy atom. The van der Waals surface area contributed by atoms with Crippen LogP contribution in [0.15, 0.2) is 29.2 Å². The van der Waals surface area contributed by atoms with E-state index in [1.54, 1.807) is 11.8 Å². The topological polar surface area (TPSA) is 32.5 Å². The van der Waals surface area contributed by atoms with E-state index < -0.39 is 0 Å². The third-order valence-corrected chi connectivity index (χ3v) is 3.90. The molecule has 102 valence electrons. The summed E-state index contributed by atoms with van der Waals surface area (Å²) in [5.41, 5.74) is 7.22. The Morgan fingerprint density at radius 3 is 2.17 bits per heavy atom. The van der Waals surface area contributed by atoms with Crippen molar-refractivity contribution < 1.29 is 0 Å². The van der Waals surface area contributed by atoms with Gasteiger partial charge in [0.2, 0.25) is 0 Å². The largest absolute Gasteiger partial charge is 0.329 e. The van der Waals surface area contributed by atoms with E-state index in [-0.39, 0.29) is 0 Å². The molecule has 1 atom stereocenters. The first kappa shape index (κ1) is 15.5. The van der Waals surface area contributed by atoms with Crippen molar-refractivity contribution in [3.8, 4) is 0 Å². The molecule has 4 heteroatoms. The van der Waals surface area contributed by atoms with Crippen molar-refractivity contribution in [3.63, 3.8) is 0 Å². The SMILES string of the molecule is CSc1ccc(C(CN)N(C)CCN(C)C)cc1. The van der Waals surface area contributed by atoms with Gasteiger partial charge < -0.3 is 10.6 Å². The van der Waals surface area contributed by atoms with Gasteiger partial charge in [-0.1, -0.05) is 12.1 Å². The minimum Gasteiger partial charge on any atom is -0.329 e. The van der Waals surface area contributed by atoms with Crippen LogP contribution < -0.4 is 5.73 Å². The molecule has 1 aromatic rings. The summed E-state index contributed by atoms with van der Waals surface area (Å²) in [5, 5.41) is 0. The van der Waals surface area contributed by atoms with Gasteiger partial charge in [0.15, 0.2) is 0 Å². The van der Waals surface area contributed by atoms with Crippen LogP contribution in [0.2, 0.25) is 0 Å². The van der Waals surface area contributed by atoms with E-state index in [0.29, 0.717) is 12.6 Å². The molecule has 1 aromatic carbocycles. The van der Waals surface area contributed by atoms with E-state index in [9.17, 15) is 0 Å². The number of thioether (sulfide) groups is 1. The molecular formula is C14H25N3S. The van der Waals surface area contributed by atoms with Gasteiger partial charge >= 0.3 is 0 Å². The highest BCUT2D eigenvalue weighted by Gasteiger charge is 2.15. The quantitative estimate of drug-likeness (QED) is 0.765. The molecule has 0 spiro atoms. The van der Waals surface area contributed by atoms with Crippen LogP contribution in [0.25, 0.3) is 0 Å².